The third kappa shape index (κ3) is 5.56. The summed E-state index contributed by atoms with van der Waals surface area (Å²) in [5.74, 6) is 0.327. The minimum absolute atomic E-state index is 0.108. The summed E-state index contributed by atoms with van der Waals surface area (Å²) in [6.45, 7) is 15.0. The van der Waals surface area contributed by atoms with Crippen molar-refractivity contribution in [3.8, 4) is 0 Å². The molecular weight excluding hydrogens is 352 g/mol. The maximum atomic E-state index is 12.2. The Morgan fingerprint density at radius 1 is 1.38 bits per heavy atom. The molecule has 2 heterocycles. The second kappa shape index (κ2) is 9.02. The number of morpholine rings is 1. The molecule has 26 heavy (non-hydrogen) atoms. The molecule has 1 aliphatic heterocycles. The molecule has 0 atom stereocenters. The van der Waals surface area contributed by atoms with Gasteiger partial charge in [0.2, 0.25) is 5.91 Å². The molecule has 6 nitrogen and oxygen atoms in total. The highest BCUT2D eigenvalue weighted by molar-refractivity contribution is 6.31. The number of rotatable bonds is 7. The number of hydrogen-bond donors (Lipinski definition) is 1. The van der Waals surface area contributed by atoms with Gasteiger partial charge in [-0.2, -0.15) is 5.10 Å². The van der Waals surface area contributed by atoms with E-state index < -0.39 is 0 Å². The van der Waals surface area contributed by atoms with Crippen molar-refractivity contribution in [3.05, 3.63) is 22.5 Å². The minimum atomic E-state index is -0.126. The van der Waals surface area contributed by atoms with E-state index in [2.05, 4.69) is 43.0 Å². The van der Waals surface area contributed by atoms with E-state index in [0.29, 0.717) is 17.6 Å². The lowest BCUT2D eigenvalue weighted by molar-refractivity contribution is -0.117. The van der Waals surface area contributed by atoms with Gasteiger partial charge in [-0.15, -0.1) is 0 Å². The second-order valence-corrected chi connectivity index (χ2v) is 8.19. The number of halogens is 1. The van der Waals surface area contributed by atoms with Gasteiger partial charge in [-0.25, -0.2) is 0 Å². The minimum Gasteiger partial charge on any atom is -0.379 e. The molecule has 0 radical (unpaired) electrons. The van der Waals surface area contributed by atoms with Crippen molar-refractivity contribution in [3.63, 3.8) is 0 Å². The molecule has 1 saturated heterocycles. The lowest BCUT2D eigenvalue weighted by Gasteiger charge is -2.40. The first-order valence-electron chi connectivity index (χ1n) is 9.22. The predicted octanol–water partition coefficient (Wildman–Crippen LogP) is 2.74. The molecule has 0 bridgehead atoms. The first-order valence-corrected chi connectivity index (χ1v) is 9.60. The number of aromatic nitrogens is 2. The van der Waals surface area contributed by atoms with Gasteiger partial charge in [-0.05, 0) is 32.8 Å². The highest BCUT2D eigenvalue weighted by Gasteiger charge is 2.28. The number of aryl methyl sites for hydroxylation is 1. The summed E-state index contributed by atoms with van der Waals surface area (Å²) in [6.07, 6.45) is 3.28. The molecule has 1 N–H and O–H groups in total. The monoisotopic (exact) mass is 382 g/mol. The highest BCUT2D eigenvalue weighted by atomic mass is 35.5. The van der Waals surface area contributed by atoms with Gasteiger partial charge in [0, 0.05) is 43.4 Å². The molecule has 1 aliphatic rings. The van der Waals surface area contributed by atoms with E-state index in [1.165, 1.54) is 6.08 Å². The third-order valence-electron chi connectivity index (χ3n) is 4.61. The molecule has 0 saturated carbocycles. The zero-order valence-electron chi connectivity index (χ0n) is 16.5. The van der Waals surface area contributed by atoms with Crippen LogP contribution < -0.4 is 5.32 Å². The second-order valence-electron chi connectivity index (χ2n) is 7.83. The fourth-order valence-corrected chi connectivity index (χ4v) is 3.33. The summed E-state index contributed by atoms with van der Waals surface area (Å²) < 4.78 is 7.19. The van der Waals surface area contributed by atoms with Gasteiger partial charge in [-0.3, -0.25) is 14.4 Å². The van der Waals surface area contributed by atoms with E-state index in [0.717, 1.165) is 44.1 Å². The van der Waals surface area contributed by atoms with Gasteiger partial charge in [0.15, 0.2) is 0 Å². The van der Waals surface area contributed by atoms with Crippen LogP contribution in [-0.2, 0) is 16.1 Å². The highest BCUT2D eigenvalue weighted by Crippen LogP contribution is 2.22. The number of nitrogens with zero attached hydrogens (tertiary/aromatic N) is 3. The molecule has 0 aliphatic carbocycles. The van der Waals surface area contributed by atoms with E-state index in [-0.39, 0.29) is 11.4 Å². The molecule has 7 heteroatoms. The maximum absolute atomic E-state index is 12.2. The average molecular weight is 383 g/mol. The molecule has 0 spiro atoms. The van der Waals surface area contributed by atoms with Crippen LogP contribution in [0.25, 0.3) is 6.08 Å². The molecule has 1 aromatic rings. The van der Waals surface area contributed by atoms with Crippen LogP contribution in [0.1, 0.15) is 39.0 Å². The maximum Gasteiger partial charge on any atom is 0.244 e. The summed E-state index contributed by atoms with van der Waals surface area (Å²) in [5.41, 5.74) is 1.52. The van der Waals surface area contributed by atoms with Crippen LogP contribution in [0.5, 0.6) is 0 Å². The molecular formula is C19H31ClN4O2. The van der Waals surface area contributed by atoms with E-state index in [4.69, 9.17) is 16.3 Å². The summed E-state index contributed by atoms with van der Waals surface area (Å²) in [7, 11) is 0. The zero-order chi connectivity index (χ0) is 19.3. The number of amides is 1. The van der Waals surface area contributed by atoms with Crippen LogP contribution in [0.15, 0.2) is 6.08 Å². The summed E-state index contributed by atoms with van der Waals surface area (Å²) in [4.78, 5) is 14.6. The number of carbonyl (C=O) groups is 1. The topological polar surface area (TPSA) is 59.4 Å². The summed E-state index contributed by atoms with van der Waals surface area (Å²) >= 11 is 6.41. The number of hydrogen-bond acceptors (Lipinski definition) is 4. The SMILES string of the molecule is Cc1nn(CC(C)C)c(Cl)c1/C=C/C(=O)NCC(C)(C)N1CCOCC1. The van der Waals surface area contributed by atoms with Crippen LogP contribution in [0.2, 0.25) is 5.15 Å². The van der Waals surface area contributed by atoms with Gasteiger partial charge >= 0.3 is 0 Å². The van der Waals surface area contributed by atoms with E-state index in [9.17, 15) is 4.79 Å². The molecule has 0 aromatic carbocycles. The smallest absolute Gasteiger partial charge is 0.244 e. The number of carbonyl (C=O) groups excluding carboxylic acids is 1. The van der Waals surface area contributed by atoms with Gasteiger partial charge < -0.3 is 10.1 Å². The Morgan fingerprint density at radius 2 is 2.04 bits per heavy atom. The molecule has 146 valence electrons. The van der Waals surface area contributed by atoms with Gasteiger partial charge in [0.1, 0.15) is 5.15 Å². The van der Waals surface area contributed by atoms with Crippen LogP contribution >= 0.6 is 11.6 Å². The Balaban J connectivity index is 1.94. The average Bonchev–Trinajstić information content (AvgIpc) is 2.85. The van der Waals surface area contributed by atoms with Crippen molar-refractivity contribution in [2.75, 3.05) is 32.8 Å². The fourth-order valence-electron chi connectivity index (χ4n) is 3.03. The predicted molar refractivity (Wildman–Crippen MR) is 105 cm³/mol. The fraction of sp³-hybridized carbons (Fsp3) is 0.684. The lowest BCUT2D eigenvalue weighted by Crippen LogP contribution is -2.55. The first-order chi connectivity index (χ1) is 12.2. The van der Waals surface area contributed by atoms with Crippen molar-refractivity contribution in [1.29, 1.82) is 0 Å². The van der Waals surface area contributed by atoms with Gasteiger partial charge in [-0.1, -0.05) is 25.4 Å². The molecule has 2 rings (SSSR count). The Kier molecular flexibility index (Phi) is 7.26. The van der Waals surface area contributed by atoms with Crippen LogP contribution in [0.4, 0.5) is 0 Å². The van der Waals surface area contributed by atoms with Crippen molar-refractivity contribution < 1.29 is 9.53 Å². The van der Waals surface area contributed by atoms with Crippen LogP contribution in [0.3, 0.4) is 0 Å². The third-order valence-corrected chi connectivity index (χ3v) is 5.01. The largest absolute Gasteiger partial charge is 0.379 e. The Bertz CT molecular complexity index is 646. The van der Waals surface area contributed by atoms with Crippen molar-refractivity contribution in [2.24, 2.45) is 5.92 Å². The Labute approximate surface area is 161 Å². The molecule has 1 amide bonds. The number of nitrogens with one attached hydrogen (secondary N) is 1. The van der Waals surface area contributed by atoms with E-state index in [1.54, 1.807) is 10.8 Å². The van der Waals surface area contributed by atoms with Crippen molar-refractivity contribution in [2.45, 2.75) is 46.7 Å². The molecule has 1 aromatic heterocycles. The normalized spacial score (nSPS) is 16.6. The standard InChI is InChI=1S/C19H31ClN4O2/c1-14(2)12-24-18(20)16(15(3)22-24)6-7-17(25)21-13-19(4,5)23-8-10-26-11-9-23/h6-7,14H,8-13H2,1-5H3,(H,21,25)/b7-6+. The van der Waals surface area contributed by atoms with Crippen molar-refractivity contribution in [1.82, 2.24) is 20.0 Å². The quantitative estimate of drug-likeness (QED) is 0.736. The molecule has 0 unspecified atom stereocenters. The van der Waals surface area contributed by atoms with Crippen molar-refractivity contribution >= 4 is 23.6 Å². The van der Waals surface area contributed by atoms with Crippen LogP contribution in [-0.4, -0.2) is 59.0 Å². The Morgan fingerprint density at radius 3 is 2.65 bits per heavy atom. The lowest BCUT2D eigenvalue weighted by atomic mass is 10.0. The summed E-state index contributed by atoms with van der Waals surface area (Å²) in [6, 6.07) is 0. The van der Waals surface area contributed by atoms with E-state index >= 15 is 0 Å². The van der Waals surface area contributed by atoms with Crippen LogP contribution in [0, 0.1) is 12.8 Å². The molecule has 1 fully saturated rings. The first kappa shape index (κ1) is 20.9. The van der Waals surface area contributed by atoms with Gasteiger partial charge in [0.05, 0.1) is 18.9 Å². The Hall–Kier alpha value is -1.37. The number of ether oxygens (including phenoxy) is 1. The van der Waals surface area contributed by atoms with E-state index in [1.807, 2.05) is 6.92 Å². The zero-order valence-corrected chi connectivity index (χ0v) is 17.3. The van der Waals surface area contributed by atoms with Gasteiger partial charge in [0.25, 0.3) is 0 Å². The summed E-state index contributed by atoms with van der Waals surface area (Å²) in [5, 5.41) is 8.03.